The van der Waals surface area contributed by atoms with E-state index >= 15 is 0 Å². The van der Waals surface area contributed by atoms with Crippen molar-refractivity contribution in [2.45, 2.75) is 59.4 Å². The Morgan fingerprint density at radius 3 is 2.33 bits per heavy atom. The fraction of sp³-hybridized carbons (Fsp3) is 0.382. The predicted octanol–water partition coefficient (Wildman–Crippen LogP) is 7.95. The minimum atomic E-state index is -0.0564. The molecular weight excluding hydrogens is 499 g/mol. The molecule has 0 radical (unpaired) electrons. The SMILES string of the molecule is C=C(/C=C\C(P)=C/C)C(C)/C(C(=O)NCc1ccc(N2CCC(c3ccc(OC)cc3)CC2)cc1)=C(\C)CC. The highest BCUT2D eigenvalue weighted by Gasteiger charge is 2.22. The van der Waals surface area contributed by atoms with Crippen LogP contribution in [0.2, 0.25) is 0 Å². The molecule has 3 rings (SSSR count). The molecule has 1 fully saturated rings. The van der Waals surface area contributed by atoms with Crippen LogP contribution >= 0.6 is 9.24 Å². The molecule has 1 N–H and O–H groups in total. The lowest BCUT2D eigenvalue weighted by molar-refractivity contribution is -0.118. The summed E-state index contributed by atoms with van der Waals surface area (Å²) in [4.78, 5) is 15.8. The molecular formula is C34H45N2O2P. The number of rotatable bonds is 11. The second-order valence-corrected chi connectivity index (χ2v) is 11.0. The summed E-state index contributed by atoms with van der Waals surface area (Å²) in [5.74, 6) is 1.43. The summed E-state index contributed by atoms with van der Waals surface area (Å²) in [6, 6.07) is 17.1. The van der Waals surface area contributed by atoms with Crippen molar-refractivity contribution in [1.29, 1.82) is 0 Å². The number of nitrogens with one attached hydrogen (secondary N) is 1. The summed E-state index contributed by atoms with van der Waals surface area (Å²) < 4.78 is 5.30. The topological polar surface area (TPSA) is 41.6 Å². The van der Waals surface area contributed by atoms with Crippen LogP contribution in [0.1, 0.15) is 64.0 Å². The highest BCUT2D eigenvalue weighted by atomic mass is 31.0. The lowest BCUT2D eigenvalue weighted by atomic mass is 9.88. The molecule has 2 atom stereocenters. The number of carbonyl (C=O) groups is 1. The number of amides is 1. The number of allylic oxidation sites excluding steroid dienone is 6. The van der Waals surface area contributed by atoms with E-state index in [-0.39, 0.29) is 11.8 Å². The van der Waals surface area contributed by atoms with Gasteiger partial charge < -0.3 is 15.0 Å². The van der Waals surface area contributed by atoms with Gasteiger partial charge in [0.25, 0.3) is 0 Å². The largest absolute Gasteiger partial charge is 0.497 e. The van der Waals surface area contributed by atoms with Crippen LogP contribution in [0.25, 0.3) is 0 Å². The number of hydrogen-bond acceptors (Lipinski definition) is 3. The van der Waals surface area contributed by atoms with Gasteiger partial charge in [0.05, 0.1) is 7.11 Å². The number of benzene rings is 2. The van der Waals surface area contributed by atoms with Gasteiger partial charge in [-0.05, 0) is 85.3 Å². The highest BCUT2D eigenvalue weighted by Crippen LogP contribution is 2.31. The molecule has 0 spiro atoms. The van der Waals surface area contributed by atoms with Crippen molar-refractivity contribution in [3.8, 4) is 5.75 Å². The Bertz CT molecular complexity index is 1200. The molecule has 1 heterocycles. The molecule has 0 aromatic heterocycles. The van der Waals surface area contributed by atoms with Gasteiger partial charge in [-0.1, -0.05) is 68.5 Å². The zero-order chi connectivity index (χ0) is 28.4. The van der Waals surface area contributed by atoms with Crippen molar-refractivity contribution < 1.29 is 9.53 Å². The summed E-state index contributed by atoms with van der Waals surface area (Å²) in [5.41, 5.74) is 6.58. The van der Waals surface area contributed by atoms with E-state index in [1.54, 1.807) is 7.11 Å². The molecule has 4 nitrogen and oxygen atoms in total. The number of nitrogens with zero attached hydrogens (tertiary/aromatic N) is 1. The Balaban J connectivity index is 1.56. The number of hydrogen-bond donors (Lipinski definition) is 1. The first kappa shape index (κ1) is 30.4. The van der Waals surface area contributed by atoms with Gasteiger partial charge in [0.1, 0.15) is 5.75 Å². The highest BCUT2D eigenvalue weighted by molar-refractivity contribution is 7.22. The summed E-state index contributed by atoms with van der Waals surface area (Å²) in [5, 5.41) is 4.25. The monoisotopic (exact) mass is 544 g/mol. The number of carbonyl (C=O) groups excluding carboxylic acids is 1. The van der Waals surface area contributed by atoms with E-state index in [0.717, 1.165) is 65.7 Å². The molecule has 0 aliphatic carbocycles. The van der Waals surface area contributed by atoms with E-state index in [9.17, 15) is 4.79 Å². The van der Waals surface area contributed by atoms with Crippen LogP contribution in [0.3, 0.4) is 0 Å². The van der Waals surface area contributed by atoms with Crippen molar-refractivity contribution >= 4 is 20.8 Å². The number of ether oxygens (including phenoxy) is 1. The average molecular weight is 545 g/mol. The van der Waals surface area contributed by atoms with Crippen LogP contribution in [0.5, 0.6) is 5.75 Å². The maximum atomic E-state index is 13.3. The van der Waals surface area contributed by atoms with Crippen molar-refractivity contribution in [2.24, 2.45) is 5.92 Å². The summed E-state index contributed by atoms with van der Waals surface area (Å²) in [7, 11) is 4.41. The minimum Gasteiger partial charge on any atom is -0.497 e. The van der Waals surface area contributed by atoms with Gasteiger partial charge in [0, 0.05) is 36.8 Å². The summed E-state index contributed by atoms with van der Waals surface area (Å²) in [6.07, 6.45) is 9.15. The van der Waals surface area contributed by atoms with E-state index in [0.29, 0.717) is 12.5 Å². The molecule has 2 unspecified atom stereocenters. The second kappa shape index (κ2) is 14.9. The van der Waals surface area contributed by atoms with E-state index in [1.165, 1.54) is 11.3 Å². The molecule has 2 aromatic carbocycles. The first-order chi connectivity index (χ1) is 18.8. The summed E-state index contributed by atoms with van der Waals surface area (Å²) >= 11 is 0. The normalized spacial score (nSPS) is 16.2. The van der Waals surface area contributed by atoms with Gasteiger partial charge in [0.15, 0.2) is 0 Å². The maximum Gasteiger partial charge on any atom is 0.248 e. The van der Waals surface area contributed by atoms with E-state index in [1.807, 2.05) is 32.1 Å². The van der Waals surface area contributed by atoms with Gasteiger partial charge in [-0.25, -0.2) is 0 Å². The van der Waals surface area contributed by atoms with Crippen molar-refractivity contribution in [2.75, 3.05) is 25.1 Å². The van der Waals surface area contributed by atoms with Gasteiger partial charge in [-0.15, -0.1) is 9.24 Å². The van der Waals surface area contributed by atoms with Crippen LogP contribution in [0, 0.1) is 5.92 Å². The molecule has 0 bridgehead atoms. The third-order valence-corrected chi connectivity index (χ3v) is 8.41. The Hall–Kier alpha value is -3.10. The lowest BCUT2D eigenvalue weighted by Gasteiger charge is -2.34. The van der Waals surface area contributed by atoms with Crippen molar-refractivity contribution in [3.63, 3.8) is 0 Å². The van der Waals surface area contributed by atoms with Crippen LogP contribution in [0.4, 0.5) is 5.69 Å². The zero-order valence-electron chi connectivity index (χ0n) is 24.3. The fourth-order valence-corrected chi connectivity index (χ4v) is 5.13. The van der Waals surface area contributed by atoms with Crippen molar-refractivity contribution in [1.82, 2.24) is 5.32 Å². The molecule has 1 aliphatic heterocycles. The van der Waals surface area contributed by atoms with Crippen LogP contribution in [-0.2, 0) is 11.3 Å². The van der Waals surface area contributed by atoms with Crippen molar-refractivity contribution in [3.05, 3.63) is 106 Å². The first-order valence-electron chi connectivity index (χ1n) is 14.0. The van der Waals surface area contributed by atoms with E-state index in [4.69, 9.17) is 4.74 Å². The van der Waals surface area contributed by atoms with Gasteiger partial charge in [-0.2, -0.15) is 0 Å². The van der Waals surface area contributed by atoms with Crippen LogP contribution in [0.15, 0.2) is 95.4 Å². The number of anilines is 1. The van der Waals surface area contributed by atoms with Gasteiger partial charge in [0.2, 0.25) is 5.91 Å². The smallest absolute Gasteiger partial charge is 0.248 e. The fourth-order valence-electron chi connectivity index (χ4n) is 5.03. The molecule has 1 aliphatic rings. The van der Waals surface area contributed by atoms with Crippen LogP contribution in [-0.4, -0.2) is 26.1 Å². The Labute approximate surface area is 238 Å². The molecule has 1 saturated heterocycles. The van der Waals surface area contributed by atoms with Gasteiger partial charge in [-0.3, -0.25) is 4.79 Å². The molecule has 208 valence electrons. The standard InChI is InChI=1S/C34H45N2O2P/c1-7-24(3)33(26(5)25(4)9-18-32(39)8-2)34(37)35-23-27-10-14-30(15-11-27)36-21-19-29(20-22-36)28-12-16-31(38-6)17-13-28/h8-18,26,29H,4,7,19-23,39H2,1-3,5-6H3,(H,35,37)/b18-9-,32-8+,33-24-. The summed E-state index contributed by atoms with van der Waals surface area (Å²) in [6.45, 7) is 15.0. The molecule has 0 saturated carbocycles. The average Bonchev–Trinajstić information content (AvgIpc) is 2.98. The number of piperidine rings is 1. The maximum absolute atomic E-state index is 13.3. The number of methoxy groups -OCH3 is 1. The second-order valence-electron chi connectivity index (χ2n) is 10.3. The zero-order valence-corrected chi connectivity index (χ0v) is 25.5. The predicted molar refractivity (Wildman–Crippen MR) is 169 cm³/mol. The van der Waals surface area contributed by atoms with Gasteiger partial charge >= 0.3 is 0 Å². The Morgan fingerprint density at radius 2 is 1.77 bits per heavy atom. The third-order valence-electron chi connectivity index (χ3n) is 7.88. The molecule has 5 heteroatoms. The van der Waals surface area contributed by atoms with Crippen LogP contribution < -0.4 is 15.0 Å². The lowest BCUT2D eigenvalue weighted by Crippen LogP contribution is -2.32. The molecule has 39 heavy (non-hydrogen) atoms. The third kappa shape index (κ3) is 8.44. The van der Waals surface area contributed by atoms with E-state index < -0.39 is 0 Å². The first-order valence-corrected chi connectivity index (χ1v) is 14.6. The van der Waals surface area contributed by atoms with E-state index in [2.05, 4.69) is 88.4 Å². The molecule has 2 aromatic rings. The minimum absolute atomic E-state index is 0.0155. The Kier molecular flexibility index (Phi) is 11.6. The Morgan fingerprint density at radius 1 is 1.13 bits per heavy atom. The quantitative estimate of drug-likeness (QED) is 0.177. The molecule has 1 amide bonds.